The van der Waals surface area contributed by atoms with Crippen LogP contribution in [0.3, 0.4) is 0 Å². The summed E-state index contributed by atoms with van der Waals surface area (Å²) in [7, 11) is 0. The van der Waals surface area contributed by atoms with E-state index in [1.807, 2.05) is 0 Å². The summed E-state index contributed by atoms with van der Waals surface area (Å²) in [5, 5.41) is 9.62. The summed E-state index contributed by atoms with van der Waals surface area (Å²) in [6.45, 7) is 3.32. The zero-order valence-electron chi connectivity index (χ0n) is 12.0. The molecule has 5 nitrogen and oxygen atoms in total. The highest BCUT2D eigenvalue weighted by molar-refractivity contribution is 5.85. The molecule has 5 heteroatoms. The van der Waals surface area contributed by atoms with Gasteiger partial charge in [0.05, 0.1) is 5.39 Å². The van der Waals surface area contributed by atoms with Crippen molar-refractivity contribution in [2.75, 3.05) is 0 Å². The molecule has 0 fully saturated rings. The Labute approximate surface area is 131 Å². The molecule has 1 heterocycles. The van der Waals surface area contributed by atoms with E-state index in [-0.39, 0.29) is 16.9 Å². The van der Waals surface area contributed by atoms with Crippen molar-refractivity contribution in [3.8, 4) is 22.8 Å². The van der Waals surface area contributed by atoms with Crippen molar-refractivity contribution in [3.63, 3.8) is 0 Å². The van der Waals surface area contributed by atoms with Gasteiger partial charge in [0.25, 0.3) is 0 Å². The fourth-order valence-corrected chi connectivity index (χ4v) is 2.12. The third-order valence-electron chi connectivity index (χ3n) is 3.24. The maximum absolute atomic E-state index is 12.3. The Bertz CT molecular complexity index is 951. The van der Waals surface area contributed by atoms with Crippen LogP contribution in [0.25, 0.3) is 22.3 Å². The van der Waals surface area contributed by atoms with Gasteiger partial charge in [-0.25, -0.2) is 4.79 Å². The van der Waals surface area contributed by atoms with Crippen molar-refractivity contribution in [1.29, 1.82) is 0 Å². The summed E-state index contributed by atoms with van der Waals surface area (Å²) in [5.41, 5.74) is 0.786. The zero-order chi connectivity index (χ0) is 16.4. The quantitative estimate of drug-likeness (QED) is 0.456. The van der Waals surface area contributed by atoms with Crippen LogP contribution in [0.15, 0.2) is 70.4 Å². The van der Waals surface area contributed by atoms with Crippen LogP contribution >= 0.6 is 0 Å². The third kappa shape index (κ3) is 2.98. The van der Waals surface area contributed by atoms with Gasteiger partial charge in [0.1, 0.15) is 22.8 Å². The second-order valence-electron chi connectivity index (χ2n) is 4.80. The van der Waals surface area contributed by atoms with E-state index in [1.165, 1.54) is 30.3 Å². The van der Waals surface area contributed by atoms with Gasteiger partial charge in [-0.05, 0) is 42.5 Å². The van der Waals surface area contributed by atoms with Crippen molar-refractivity contribution in [3.05, 3.63) is 71.4 Å². The van der Waals surface area contributed by atoms with Gasteiger partial charge in [0.15, 0.2) is 5.43 Å². The van der Waals surface area contributed by atoms with Crippen molar-refractivity contribution in [2.45, 2.75) is 0 Å². The molecule has 0 aliphatic heterocycles. The highest BCUT2D eigenvalue weighted by atomic mass is 16.5. The summed E-state index contributed by atoms with van der Waals surface area (Å²) in [6.07, 6.45) is 1.04. The normalized spacial score (nSPS) is 10.4. The van der Waals surface area contributed by atoms with E-state index in [9.17, 15) is 14.7 Å². The van der Waals surface area contributed by atoms with E-state index in [0.29, 0.717) is 22.3 Å². The van der Waals surface area contributed by atoms with Crippen LogP contribution in [-0.2, 0) is 4.79 Å². The standard InChI is InChI=1S/C18H12O5/c1-2-18(21)22-13-7-8-16-14(9-13)15(20)10-17(23-16)11-3-5-12(19)6-4-11/h2-10,19H,1H2. The Hall–Kier alpha value is -3.34. The average molecular weight is 308 g/mol. The number of rotatable bonds is 3. The third-order valence-corrected chi connectivity index (χ3v) is 3.24. The number of esters is 1. The molecule has 0 saturated heterocycles. The van der Waals surface area contributed by atoms with Gasteiger partial charge >= 0.3 is 5.97 Å². The summed E-state index contributed by atoms with van der Waals surface area (Å²) >= 11 is 0. The number of carbonyl (C=O) groups excluding carboxylic acids is 1. The molecule has 0 saturated carbocycles. The molecule has 0 radical (unpaired) electrons. The van der Waals surface area contributed by atoms with Crippen LogP contribution in [0.2, 0.25) is 0 Å². The number of benzene rings is 2. The number of ether oxygens (including phenoxy) is 1. The molecule has 114 valence electrons. The number of carbonyl (C=O) groups is 1. The number of hydrogen-bond donors (Lipinski definition) is 1. The maximum Gasteiger partial charge on any atom is 0.335 e. The largest absolute Gasteiger partial charge is 0.508 e. The smallest absolute Gasteiger partial charge is 0.335 e. The minimum absolute atomic E-state index is 0.130. The molecule has 3 rings (SSSR count). The van der Waals surface area contributed by atoms with Gasteiger partial charge in [-0.1, -0.05) is 6.58 Å². The first-order valence-corrected chi connectivity index (χ1v) is 6.78. The molecular formula is C18H12O5. The molecular weight excluding hydrogens is 296 g/mol. The van der Waals surface area contributed by atoms with E-state index < -0.39 is 5.97 Å². The van der Waals surface area contributed by atoms with Gasteiger partial charge in [0, 0.05) is 17.7 Å². The molecule has 1 N–H and O–H groups in total. The van der Waals surface area contributed by atoms with Crippen molar-refractivity contribution >= 4 is 16.9 Å². The van der Waals surface area contributed by atoms with Gasteiger partial charge in [0.2, 0.25) is 0 Å². The molecule has 0 aliphatic carbocycles. The molecule has 0 bridgehead atoms. The lowest BCUT2D eigenvalue weighted by atomic mass is 10.1. The number of hydrogen-bond acceptors (Lipinski definition) is 5. The Morgan fingerprint density at radius 3 is 2.57 bits per heavy atom. The van der Waals surface area contributed by atoms with Crippen LogP contribution in [-0.4, -0.2) is 11.1 Å². The molecule has 23 heavy (non-hydrogen) atoms. The Balaban J connectivity index is 2.07. The van der Waals surface area contributed by atoms with Crippen LogP contribution in [0.5, 0.6) is 11.5 Å². The lowest BCUT2D eigenvalue weighted by molar-refractivity contribution is -0.128. The molecule has 0 amide bonds. The minimum atomic E-state index is -0.602. The highest BCUT2D eigenvalue weighted by Gasteiger charge is 2.09. The second kappa shape index (κ2) is 5.81. The SMILES string of the molecule is C=CC(=O)Oc1ccc2oc(-c3ccc(O)cc3)cc(=O)c2c1. The molecule has 2 aromatic carbocycles. The van der Waals surface area contributed by atoms with E-state index in [1.54, 1.807) is 18.2 Å². The van der Waals surface area contributed by atoms with Crippen molar-refractivity contribution in [1.82, 2.24) is 0 Å². The Morgan fingerprint density at radius 1 is 1.13 bits per heavy atom. The predicted molar refractivity (Wildman–Crippen MR) is 85.4 cm³/mol. The monoisotopic (exact) mass is 308 g/mol. The molecule has 3 aromatic rings. The van der Waals surface area contributed by atoms with E-state index in [0.717, 1.165) is 6.08 Å². The molecule has 0 atom stereocenters. The predicted octanol–water partition coefficient (Wildman–Crippen LogP) is 3.26. The number of phenolic OH excluding ortho intramolecular Hbond substituents is 1. The Morgan fingerprint density at radius 2 is 1.87 bits per heavy atom. The fourth-order valence-electron chi connectivity index (χ4n) is 2.12. The topological polar surface area (TPSA) is 76.7 Å². The van der Waals surface area contributed by atoms with E-state index in [4.69, 9.17) is 9.15 Å². The summed E-state index contributed by atoms with van der Waals surface area (Å²) < 4.78 is 10.7. The summed E-state index contributed by atoms with van der Waals surface area (Å²) in [4.78, 5) is 23.5. The zero-order valence-corrected chi connectivity index (χ0v) is 12.0. The molecule has 0 aliphatic rings. The molecule has 0 spiro atoms. The van der Waals surface area contributed by atoms with Crippen LogP contribution in [0, 0.1) is 0 Å². The van der Waals surface area contributed by atoms with Gasteiger partial charge in [-0.3, -0.25) is 4.79 Å². The van der Waals surface area contributed by atoms with Crippen molar-refractivity contribution in [2.24, 2.45) is 0 Å². The first-order chi connectivity index (χ1) is 11.1. The summed E-state index contributed by atoms with van der Waals surface area (Å²) in [6, 6.07) is 12.2. The number of phenols is 1. The number of aromatic hydroxyl groups is 1. The molecule has 0 unspecified atom stereocenters. The highest BCUT2D eigenvalue weighted by Crippen LogP contribution is 2.25. The van der Waals surface area contributed by atoms with Gasteiger partial charge in [-0.15, -0.1) is 0 Å². The lowest BCUT2D eigenvalue weighted by Crippen LogP contribution is -2.05. The van der Waals surface area contributed by atoms with Crippen LogP contribution in [0.4, 0.5) is 0 Å². The maximum atomic E-state index is 12.3. The van der Waals surface area contributed by atoms with Crippen molar-refractivity contribution < 1.29 is 19.1 Å². The summed E-state index contributed by atoms with van der Waals surface area (Å²) in [5.74, 6) is 0.158. The lowest BCUT2D eigenvalue weighted by Gasteiger charge is -2.05. The fraction of sp³-hybridized carbons (Fsp3) is 0. The van der Waals surface area contributed by atoms with Gasteiger partial charge in [-0.2, -0.15) is 0 Å². The molecule has 1 aromatic heterocycles. The second-order valence-corrected chi connectivity index (χ2v) is 4.80. The Kier molecular flexibility index (Phi) is 3.68. The number of fused-ring (bicyclic) bond motifs is 1. The van der Waals surface area contributed by atoms with Gasteiger partial charge < -0.3 is 14.3 Å². The minimum Gasteiger partial charge on any atom is -0.508 e. The van der Waals surface area contributed by atoms with Crippen LogP contribution < -0.4 is 10.2 Å². The first kappa shape index (κ1) is 14.6. The van der Waals surface area contributed by atoms with E-state index in [2.05, 4.69) is 6.58 Å². The average Bonchev–Trinajstić information content (AvgIpc) is 2.55. The van der Waals surface area contributed by atoms with E-state index >= 15 is 0 Å². The first-order valence-electron chi connectivity index (χ1n) is 6.78. The van der Waals surface area contributed by atoms with Crippen LogP contribution in [0.1, 0.15) is 0 Å².